The number of carbonyl (C=O) groups is 1. The molecule has 0 aliphatic carbocycles. The number of carbonyl (C=O) groups excluding carboxylic acids is 1. The predicted octanol–water partition coefficient (Wildman–Crippen LogP) is 4.07. The Labute approximate surface area is 139 Å². The van der Waals surface area contributed by atoms with Crippen molar-refractivity contribution in [2.75, 3.05) is 0 Å². The van der Waals surface area contributed by atoms with Crippen molar-refractivity contribution in [2.24, 2.45) is 5.10 Å². The van der Waals surface area contributed by atoms with Crippen molar-refractivity contribution in [1.82, 2.24) is 5.43 Å². The van der Waals surface area contributed by atoms with Crippen molar-refractivity contribution in [3.05, 3.63) is 62.5 Å². The monoisotopic (exact) mass is 410 g/mol. The Morgan fingerprint density at radius 2 is 1.86 bits per heavy atom. The second kappa shape index (κ2) is 6.87. The van der Waals surface area contributed by atoms with Crippen LogP contribution in [0, 0.1) is 0 Å². The SMILES string of the molecule is C/C(=N\NC(=O)c1ccccc1Br)c1cc(Br)ccc1O. The van der Waals surface area contributed by atoms with E-state index in [1.807, 2.05) is 6.07 Å². The number of nitrogens with one attached hydrogen (secondary N) is 1. The molecule has 1 amide bonds. The zero-order chi connectivity index (χ0) is 15.4. The lowest BCUT2D eigenvalue weighted by atomic mass is 10.1. The van der Waals surface area contributed by atoms with Crippen LogP contribution in [0.2, 0.25) is 0 Å². The molecule has 6 heteroatoms. The first-order valence-electron chi connectivity index (χ1n) is 6.07. The summed E-state index contributed by atoms with van der Waals surface area (Å²) in [6.07, 6.45) is 0. The van der Waals surface area contributed by atoms with Crippen molar-refractivity contribution >= 4 is 43.5 Å². The van der Waals surface area contributed by atoms with Gasteiger partial charge in [-0.15, -0.1) is 0 Å². The van der Waals surface area contributed by atoms with Gasteiger partial charge in [-0.1, -0.05) is 28.1 Å². The third-order valence-electron chi connectivity index (χ3n) is 2.79. The number of phenolic OH excluding ortho intramolecular Hbond substituents is 1. The molecule has 108 valence electrons. The lowest BCUT2D eigenvalue weighted by molar-refractivity contribution is 0.0954. The first-order chi connectivity index (χ1) is 9.99. The van der Waals surface area contributed by atoms with E-state index in [2.05, 4.69) is 42.4 Å². The van der Waals surface area contributed by atoms with Crippen molar-refractivity contribution in [2.45, 2.75) is 6.92 Å². The third kappa shape index (κ3) is 3.92. The fourth-order valence-electron chi connectivity index (χ4n) is 1.70. The molecule has 0 fully saturated rings. The molecule has 21 heavy (non-hydrogen) atoms. The molecule has 0 aliphatic heterocycles. The van der Waals surface area contributed by atoms with E-state index < -0.39 is 0 Å². The fraction of sp³-hybridized carbons (Fsp3) is 0.0667. The molecule has 2 aromatic rings. The molecule has 0 heterocycles. The van der Waals surface area contributed by atoms with Crippen LogP contribution < -0.4 is 5.43 Å². The Bertz CT molecular complexity index is 715. The van der Waals surface area contributed by atoms with Crippen molar-refractivity contribution in [3.8, 4) is 5.75 Å². The molecule has 0 unspecified atom stereocenters. The van der Waals surface area contributed by atoms with Crippen LogP contribution >= 0.6 is 31.9 Å². The highest BCUT2D eigenvalue weighted by atomic mass is 79.9. The van der Waals surface area contributed by atoms with Crippen LogP contribution in [0.15, 0.2) is 56.5 Å². The topological polar surface area (TPSA) is 61.7 Å². The van der Waals surface area contributed by atoms with Crippen LogP contribution in [-0.2, 0) is 0 Å². The summed E-state index contributed by atoms with van der Waals surface area (Å²) in [6, 6.07) is 12.1. The van der Waals surface area contributed by atoms with E-state index in [4.69, 9.17) is 0 Å². The largest absolute Gasteiger partial charge is 0.507 e. The summed E-state index contributed by atoms with van der Waals surface area (Å²) in [4.78, 5) is 12.0. The maximum atomic E-state index is 12.0. The van der Waals surface area contributed by atoms with E-state index in [0.29, 0.717) is 21.3 Å². The number of hydrogen-bond acceptors (Lipinski definition) is 3. The molecule has 0 saturated heterocycles. The Morgan fingerprint density at radius 3 is 2.57 bits per heavy atom. The van der Waals surface area contributed by atoms with E-state index in [9.17, 15) is 9.90 Å². The Kier molecular flexibility index (Phi) is 5.14. The van der Waals surface area contributed by atoms with E-state index in [-0.39, 0.29) is 11.7 Å². The summed E-state index contributed by atoms with van der Waals surface area (Å²) in [6.45, 7) is 1.71. The molecule has 0 spiro atoms. The van der Waals surface area contributed by atoms with Crippen LogP contribution in [0.1, 0.15) is 22.8 Å². The van der Waals surface area contributed by atoms with Crippen LogP contribution in [0.25, 0.3) is 0 Å². The Balaban J connectivity index is 2.19. The van der Waals surface area contributed by atoms with Crippen LogP contribution in [-0.4, -0.2) is 16.7 Å². The van der Waals surface area contributed by atoms with Crippen LogP contribution in [0.4, 0.5) is 0 Å². The number of hydrazone groups is 1. The summed E-state index contributed by atoms with van der Waals surface area (Å²) in [5.41, 5.74) is 4.03. The van der Waals surface area contributed by atoms with Crippen molar-refractivity contribution in [1.29, 1.82) is 0 Å². The minimum absolute atomic E-state index is 0.106. The number of aromatic hydroxyl groups is 1. The predicted molar refractivity (Wildman–Crippen MR) is 89.6 cm³/mol. The molecule has 0 bridgehead atoms. The lowest BCUT2D eigenvalue weighted by Gasteiger charge is -2.06. The smallest absolute Gasteiger partial charge is 0.272 e. The molecule has 0 atom stereocenters. The molecule has 0 aromatic heterocycles. The lowest BCUT2D eigenvalue weighted by Crippen LogP contribution is -2.19. The summed E-state index contributed by atoms with van der Waals surface area (Å²) in [5.74, 6) is -0.217. The molecule has 4 nitrogen and oxygen atoms in total. The Morgan fingerprint density at radius 1 is 1.14 bits per heavy atom. The maximum Gasteiger partial charge on any atom is 0.272 e. The number of amides is 1. The minimum Gasteiger partial charge on any atom is -0.507 e. The highest BCUT2D eigenvalue weighted by Gasteiger charge is 2.10. The molecule has 0 aliphatic rings. The molecule has 2 aromatic carbocycles. The molecule has 2 rings (SSSR count). The molecule has 0 radical (unpaired) electrons. The van der Waals surface area contributed by atoms with Gasteiger partial charge in [0.25, 0.3) is 5.91 Å². The van der Waals surface area contributed by atoms with Gasteiger partial charge in [-0.05, 0) is 53.2 Å². The van der Waals surface area contributed by atoms with Gasteiger partial charge in [-0.2, -0.15) is 5.10 Å². The highest BCUT2D eigenvalue weighted by molar-refractivity contribution is 9.10. The van der Waals surface area contributed by atoms with Gasteiger partial charge >= 0.3 is 0 Å². The van der Waals surface area contributed by atoms with Crippen molar-refractivity contribution in [3.63, 3.8) is 0 Å². The van der Waals surface area contributed by atoms with E-state index in [0.717, 1.165) is 4.47 Å². The van der Waals surface area contributed by atoms with Crippen molar-refractivity contribution < 1.29 is 9.90 Å². The van der Waals surface area contributed by atoms with E-state index >= 15 is 0 Å². The second-order valence-corrected chi connectivity index (χ2v) is 6.05. The standard InChI is InChI=1S/C15H12Br2N2O2/c1-9(12-8-10(16)6-7-14(12)20)18-19-15(21)11-4-2-3-5-13(11)17/h2-8,20H,1H3,(H,19,21)/b18-9+. The first kappa shape index (κ1) is 15.7. The number of rotatable bonds is 3. The van der Waals surface area contributed by atoms with Gasteiger partial charge < -0.3 is 5.11 Å². The molecular weight excluding hydrogens is 400 g/mol. The summed E-state index contributed by atoms with van der Waals surface area (Å²) in [5, 5.41) is 13.8. The maximum absolute atomic E-state index is 12.0. The van der Waals surface area contributed by atoms with E-state index in [1.54, 1.807) is 43.3 Å². The summed E-state index contributed by atoms with van der Waals surface area (Å²) < 4.78 is 1.52. The van der Waals surface area contributed by atoms with Gasteiger partial charge in [0.15, 0.2) is 0 Å². The zero-order valence-corrected chi connectivity index (χ0v) is 14.3. The average Bonchev–Trinajstić information content (AvgIpc) is 2.47. The second-order valence-electron chi connectivity index (χ2n) is 4.28. The number of phenols is 1. The first-order valence-corrected chi connectivity index (χ1v) is 7.65. The van der Waals surface area contributed by atoms with Gasteiger partial charge in [0.05, 0.1) is 11.3 Å². The van der Waals surface area contributed by atoms with Gasteiger partial charge in [-0.25, -0.2) is 5.43 Å². The summed E-state index contributed by atoms with van der Waals surface area (Å²) in [7, 11) is 0. The number of nitrogens with zero attached hydrogens (tertiary/aromatic N) is 1. The Hall–Kier alpha value is -1.66. The van der Waals surface area contributed by atoms with Gasteiger partial charge in [-0.3, -0.25) is 4.79 Å². The van der Waals surface area contributed by atoms with Gasteiger partial charge in [0, 0.05) is 14.5 Å². The van der Waals surface area contributed by atoms with Crippen LogP contribution in [0.3, 0.4) is 0 Å². The van der Waals surface area contributed by atoms with Crippen LogP contribution in [0.5, 0.6) is 5.75 Å². The molecular formula is C15H12Br2N2O2. The van der Waals surface area contributed by atoms with Gasteiger partial charge in [0.1, 0.15) is 5.75 Å². The van der Waals surface area contributed by atoms with E-state index in [1.165, 1.54) is 0 Å². The fourth-order valence-corrected chi connectivity index (χ4v) is 2.52. The number of benzene rings is 2. The average molecular weight is 412 g/mol. The molecule has 0 saturated carbocycles. The highest BCUT2D eigenvalue weighted by Crippen LogP contribution is 2.22. The molecule has 2 N–H and O–H groups in total. The quantitative estimate of drug-likeness (QED) is 0.590. The van der Waals surface area contributed by atoms with Gasteiger partial charge in [0.2, 0.25) is 0 Å². The summed E-state index contributed by atoms with van der Waals surface area (Å²) >= 11 is 6.65. The third-order valence-corrected chi connectivity index (χ3v) is 3.98. The number of hydrogen-bond donors (Lipinski definition) is 2. The normalized spacial score (nSPS) is 11.3. The number of halogens is 2. The zero-order valence-electron chi connectivity index (χ0n) is 11.1. The minimum atomic E-state index is -0.323.